The number of aliphatic hydroxyl groups is 1. The van der Waals surface area contributed by atoms with Gasteiger partial charge in [-0.3, -0.25) is 13.9 Å². The van der Waals surface area contributed by atoms with Crippen molar-refractivity contribution in [3.63, 3.8) is 0 Å². The zero-order valence-electron chi connectivity index (χ0n) is 20.8. The molecule has 0 saturated carbocycles. The van der Waals surface area contributed by atoms with Crippen LogP contribution in [-0.2, 0) is 13.5 Å². The van der Waals surface area contributed by atoms with Crippen LogP contribution >= 0.6 is 0 Å². The molecule has 1 atom stereocenters. The van der Waals surface area contributed by atoms with Gasteiger partial charge in [-0.2, -0.15) is 0 Å². The van der Waals surface area contributed by atoms with Crippen LogP contribution in [0.3, 0.4) is 0 Å². The molecule has 2 rings (SSSR count). The van der Waals surface area contributed by atoms with Gasteiger partial charge in [0.1, 0.15) is 5.65 Å². The molecule has 1 unspecified atom stereocenters. The first-order chi connectivity index (χ1) is 13.3. The highest BCUT2D eigenvalue weighted by Crippen LogP contribution is 2.10. The highest BCUT2D eigenvalue weighted by Gasteiger charge is 2.13. The van der Waals surface area contributed by atoms with Gasteiger partial charge in [0.25, 0.3) is 5.56 Å². The maximum absolute atomic E-state index is 12.8. The third-order valence-electron chi connectivity index (χ3n) is 2.94. The van der Waals surface area contributed by atoms with Crippen molar-refractivity contribution < 1.29 is 18.8 Å². The Labute approximate surface area is 130 Å². The molecule has 0 radical (unpaired) electrons. The quantitative estimate of drug-likeness (QED) is 0.858. The third-order valence-corrected chi connectivity index (χ3v) is 2.94. The fourth-order valence-electron chi connectivity index (χ4n) is 1.96. The molecule has 20 heavy (non-hydrogen) atoms. The van der Waals surface area contributed by atoms with E-state index in [0.717, 1.165) is 0 Å². The van der Waals surface area contributed by atoms with Crippen LogP contribution in [0.5, 0.6) is 0 Å². The number of H-pyrrole nitrogens is 1. The highest BCUT2D eigenvalue weighted by molar-refractivity contribution is 5.78. The number of aromatic nitrogens is 3. The molecule has 0 amide bonds. The summed E-state index contributed by atoms with van der Waals surface area (Å²) in [7, 11) is 0. The Kier molecular flexibility index (Phi) is 1.78. The van der Waals surface area contributed by atoms with Gasteiger partial charge in [-0.05, 0) is 38.6 Å². The van der Waals surface area contributed by atoms with Crippen LogP contribution in [0.15, 0.2) is 15.8 Å². The molecule has 2 aromatic heterocycles. The second-order valence-electron chi connectivity index (χ2n) is 4.30. The first kappa shape index (κ1) is 6.30. The van der Waals surface area contributed by atoms with Crippen molar-refractivity contribution in [3.05, 3.63) is 32.6 Å². The molecule has 0 aliphatic carbocycles. The summed E-state index contributed by atoms with van der Waals surface area (Å²) < 4.78 is 75.8. The molecule has 110 valence electrons. The fraction of sp³-hybridized carbons (Fsp3) is 0.571. The normalized spacial score (nSPS) is 23.9. The second kappa shape index (κ2) is 5.66. The first-order valence-corrected chi connectivity index (χ1v) is 5.92. The Hall–Kier alpha value is -1.82. The number of hydrogen-bond donors (Lipinski definition) is 2. The molecular formula is C14H21N3O3. The van der Waals surface area contributed by atoms with Gasteiger partial charge in [-0.1, -0.05) is 0 Å². The molecule has 2 heterocycles. The number of fused-ring (bicyclic) bond motifs is 1. The number of aryl methyl sites for hydroxylation is 2. The van der Waals surface area contributed by atoms with Crippen molar-refractivity contribution in [2.24, 2.45) is 6.98 Å². The number of aromatic amines is 1. The molecular weight excluding hydrogens is 258 g/mol. The SMILES string of the molecule is [2H]c1[nH]c2c(c1C)c(=O)n(CCCC([2H])([2H])C([2H])(O)C([2H])([2H])[2H])c(=O)n2C([2H])([2H])[2H]. The average Bonchev–Trinajstić information content (AvgIpc) is 2.83. The van der Waals surface area contributed by atoms with Crippen molar-refractivity contribution in [1.82, 2.24) is 14.1 Å². The van der Waals surface area contributed by atoms with Crippen molar-refractivity contribution in [3.8, 4) is 0 Å². The second-order valence-corrected chi connectivity index (χ2v) is 4.30. The number of hydrogen-bond acceptors (Lipinski definition) is 3. The van der Waals surface area contributed by atoms with Gasteiger partial charge in [0.2, 0.25) is 0 Å². The Balaban J connectivity index is 2.51. The maximum atomic E-state index is 12.8. The van der Waals surface area contributed by atoms with E-state index in [0.29, 0.717) is 9.13 Å². The van der Waals surface area contributed by atoms with Crippen LogP contribution in [0.1, 0.15) is 45.3 Å². The molecule has 0 aliphatic heterocycles. The fourth-order valence-corrected chi connectivity index (χ4v) is 1.96. The largest absolute Gasteiger partial charge is 0.393 e. The van der Waals surface area contributed by atoms with Gasteiger partial charge in [0.05, 0.1) is 14.2 Å². The van der Waals surface area contributed by atoms with E-state index in [1.807, 2.05) is 0 Å². The van der Waals surface area contributed by atoms with Gasteiger partial charge in [-0.15, -0.1) is 0 Å². The molecule has 0 saturated heterocycles. The molecule has 0 spiro atoms. The van der Waals surface area contributed by atoms with E-state index in [1.54, 1.807) is 0 Å². The van der Waals surface area contributed by atoms with E-state index in [1.165, 1.54) is 6.92 Å². The minimum atomic E-state index is -3.43. The highest BCUT2D eigenvalue weighted by atomic mass is 16.3. The number of rotatable bonds is 5. The third kappa shape index (κ3) is 2.56. The minimum absolute atomic E-state index is 0.125. The predicted octanol–water partition coefficient (Wildman–Crippen LogP) is 0.888. The lowest BCUT2D eigenvalue weighted by Gasteiger charge is -2.09. The van der Waals surface area contributed by atoms with E-state index >= 15 is 0 Å². The maximum Gasteiger partial charge on any atom is 0.332 e. The van der Waals surface area contributed by atoms with Gasteiger partial charge < -0.3 is 10.1 Å². The molecule has 0 aliphatic rings. The van der Waals surface area contributed by atoms with Crippen LogP contribution < -0.4 is 11.2 Å². The van der Waals surface area contributed by atoms with E-state index < -0.39 is 50.5 Å². The summed E-state index contributed by atoms with van der Waals surface area (Å²) in [5.41, 5.74) is -2.31. The zero-order valence-corrected chi connectivity index (χ0v) is 10.8. The summed E-state index contributed by atoms with van der Waals surface area (Å²) in [6.07, 6.45) is -7.62. The van der Waals surface area contributed by atoms with Crippen molar-refractivity contribution in [1.29, 1.82) is 0 Å². The average molecular weight is 289 g/mol. The van der Waals surface area contributed by atoms with Gasteiger partial charge in [0, 0.05) is 30.7 Å². The van der Waals surface area contributed by atoms with Crippen LogP contribution in [0.4, 0.5) is 0 Å². The molecule has 2 aromatic rings. The Morgan fingerprint density at radius 1 is 1.60 bits per heavy atom. The summed E-state index contributed by atoms with van der Waals surface area (Å²) >= 11 is 0. The lowest BCUT2D eigenvalue weighted by Crippen LogP contribution is -2.39. The van der Waals surface area contributed by atoms with E-state index in [4.69, 9.17) is 13.7 Å². The topological polar surface area (TPSA) is 80.0 Å². The zero-order chi connectivity index (χ0) is 23.4. The molecule has 0 bridgehead atoms. The Morgan fingerprint density at radius 2 is 2.40 bits per heavy atom. The summed E-state index contributed by atoms with van der Waals surface area (Å²) in [4.78, 5) is 27.9. The van der Waals surface area contributed by atoms with E-state index in [2.05, 4.69) is 4.98 Å². The monoisotopic (exact) mass is 289 g/mol. The van der Waals surface area contributed by atoms with Crippen LogP contribution in [-0.4, -0.2) is 25.3 Å². The van der Waals surface area contributed by atoms with Gasteiger partial charge in [0.15, 0.2) is 0 Å². The van der Waals surface area contributed by atoms with Crippen LogP contribution in [0.25, 0.3) is 11.0 Å². The lowest BCUT2D eigenvalue weighted by atomic mass is 10.2. The van der Waals surface area contributed by atoms with Gasteiger partial charge in [-0.25, -0.2) is 4.79 Å². The summed E-state index contributed by atoms with van der Waals surface area (Å²) in [6.45, 7) is -5.41. The van der Waals surface area contributed by atoms with Gasteiger partial charge >= 0.3 is 5.69 Å². The first-order valence-electron chi connectivity index (χ1n) is 10.9. The van der Waals surface area contributed by atoms with Crippen LogP contribution in [0, 0.1) is 6.92 Å². The molecule has 0 aromatic carbocycles. The number of nitrogens with one attached hydrogen (secondary N) is 1. The van der Waals surface area contributed by atoms with Crippen molar-refractivity contribution >= 4 is 11.0 Å². The summed E-state index contributed by atoms with van der Waals surface area (Å²) in [6, 6.07) is 0. The van der Waals surface area contributed by atoms with E-state index in [9.17, 15) is 14.7 Å². The Morgan fingerprint density at radius 3 is 3.10 bits per heavy atom. The van der Waals surface area contributed by atoms with Crippen molar-refractivity contribution in [2.75, 3.05) is 0 Å². The lowest BCUT2D eigenvalue weighted by molar-refractivity contribution is 0.180. The molecule has 6 nitrogen and oxygen atoms in total. The van der Waals surface area contributed by atoms with Crippen LogP contribution in [0.2, 0.25) is 0 Å². The molecule has 0 fully saturated rings. The Bertz CT molecular complexity index is 1070. The number of nitrogens with zero attached hydrogens (tertiary/aromatic N) is 2. The van der Waals surface area contributed by atoms with Crippen molar-refractivity contribution in [2.45, 2.75) is 45.6 Å². The van der Waals surface area contributed by atoms with E-state index in [-0.39, 0.29) is 29.2 Å². The summed E-state index contributed by atoms with van der Waals surface area (Å²) in [5, 5.41) is 9.63. The molecule has 2 N–H and O–H groups in total. The molecule has 6 heteroatoms. The minimum Gasteiger partial charge on any atom is -0.393 e. The predicted molar refractivity (Wildman–Crippen MR) is 78.1 cm³/mol. The standard InChI is InChI=1S/C14H21N3O3/c1-9-8-15-12-11(9)13(19)17(14(20)16(12)3)7-5-4-6-10(2)18/h8,10,15,18H,4-7H2,1-3H3/i2D3,3D3,6D2,8D,10D. The smallest absolute Gasteiger partial charge is 0.332 e. The summed E-state index contributed by atoms with van der Waals surface area (Å²) in [5.74, 6) is 0.